The third kappa shape index (κ3) is 5.25. The molecule has 6 heteroatoms. The highest BCUT2D eigenvalue weighted by molar-refractivity contribution is 7.98. The van der Waals surface area contributed by atoms with Gasteiger partial charge in [-0.1, -0.05) is 24.3 Å². The summed E-state index contributed by atoms with van der Waals surface area (Å²) in [6.07, 6.45) is 4.16. The molecule has 1 aliphatic heterocycles. The van der Waals surface area contributed by atoms with E-state index < -0.39 is 0 Å². The van der Waals surface area contributed by atoms with Gasteiger partial charge in [-0.15, -0.1) is 11.8 Å². The maximum Gasteiger partial charge on any atom is 0.233 e. The van der Waals surface area contributed by atoms with Crippen LogP contribution in [0.5, 0.6) is 0 Å². The maximum atomic E-state index is 13.0. The van der Waals surface area contributed by atoms with Crippen LogP contribution in [0.25, 0.3) is 0 Å². The molecule has 0 saturated heterocycles. The highest BCUT2D eigenvalue weighted by Crippen LogP contribution is 2.21. The molecule has 1 aliphatic rings. The van der Waals surface area contributed by atoms with Crippen molar-refractivity contribution < 1.29 is 9.13 Å². The van der Waals surface area contributed by atoms with Gasteiger partial charge in [0.15, 0.2) is 0 Å². The molecule has 2 aromatic carbocycles. The molecular weight excluding hydrogens is 403 g/mol. The molecule has 0 unspecified atom stereocenters. The monoisotopic (exact) mass is 426 g/mol. The van der Waals surface area contributed by atoms with Crippen molar-refractivity contribution in [3.05, 3.63) is 89.5 Å². The number of aromatic nitrogens is 1. The summed E-state index contributed by atoms with van der Waals surface area (Å²) in [6, 6.07) is 19.6. The van der Waals surface area contributed by atoms with E-state index in [0.29, 0.717) is 6.61 Å². The van der Waals surface area contributed by atoms with E-state index in [0.717, 1.165) is 35.2 Å². The van der Waals surface area contributed by atoms with E-state index in [1.54, 1.807) is 23.5 Å². The minimum absolute atomic E-state index is 0.152. The second kappa shape index (κ2) is 9.55. The molecule has 29 heavy (non-hydrogen) atoms. The molecule has 0 spiro atoms. The first-order valence-electron chi connectivity index (χ1n) is 9.52. The topological polar surface area (TPSA) is 26.5 Å². The van der Waals surface area contributed by atoms with Crippen molar-refractivity contribution >= 4 is 29.4 Å². The molecule has 0 amide bonds. The van der Waals surface area contributed by atoms with E-state index in [-0.39, 0.29) is 11.9 Å². The van der Waals surface area contributed by atoms with Crippen LogP contribution in [-0.4, -0.2) is 35.1 Å². The largest absolute Gasteiger partial charge is 0.474 e. The number of rotatable bonds is 8. The van der Waals surface area contributed by atoms with Gasteiger partial charge in [0.25, 0.3) is 0 Å². The molecule has 0 fully saturated rings. The van der Waals surface area contributed by atoms with Gasteiger partial charge in [0, 0.05) is 29.1 Å². The highest BCUT2D eigenvalue weighted by atomic mass is 32.2. The Morgan fingerprint density at radius 2 is 1.83 bits per heavy atom. The predicted molar refractivity (Wildman–Crippen MR) is 121 cm³/mol. The summed E-state index contributed by atoms with van der Waals surface area (Å²) in [7, 11) is 0. The Balaban J connectivity index is 1.35. The Bertz CT molecular complexity index is 967. The zero-order valence-electron chi connectivity index (χ0n) is 16.3. The van der Waals surface area contributed by atoms with Crippen LogP contribution in [0.4, 0.5) is 4.39 Å². The molecule has 0 radical (unpaired) electrons. The SMILES string of the molecule is CSc1ccc(Cn2cccc2C2=N[C@H](CSCc3ccc(F)cc3)CO2)cc1. The highest BCUT2D eigenvalue weighted by Gasteiger charge is 2.22. The number of ether oxygens (including phenoxy) is 1. The number of halogens is 1. The van der Waals surface area contributed by atoms with Gasteiger partial charge >= 0.3 is 0 Å². The van der Waals surface area contributed by atoms with Crippen molar-refractivity contribution in [3.8, 4) is 0 Å². The summed E-state index contributed by atoms with van der Waals surface area (Å²) in [4.78, 5) is 6.06. The molecule has 4 rings (SSSR count). The van der Waals surface area contributed by atoms with E-state index in [1.807, 2.05) is 18.2 Å². The molecule has 2 heterocycles. The number of aliphatic imine (C=N–C) groups is 1. The Kier molecular flexibility index (Phi) is 6.62. The molecule has 1 atom stereocenters. The lowest BCUT2D eigenvalue weighted by atomic mass is 10.2. The minimum Gasteiger partial charge on any atom is -0.474 e. The number of hydrogen-bond acceptors (Lipinski definition) is 4. The van der Waals surface area contributed by atoms with E-state index >= 15 is 0 Å². The summed E-state index contributed by atoms with van der Waals surface area (Å²) in [5.41, 5.74) is 3.40. The van der Waals surface area contributed by atoms with E-state index in [4.69, 9.17) is 9.73 Å². The fourth-order valence-electron chi connectivity index (χ4n) is 3.21. The van der Waals surface area contributed by atoms with Crippen molar-refractivity contribution in [2.45, 2.75) is 23.2 Å². The molecule has 150 valence electrons. The fraction of sp³-hybridized carbons (Fsp3) is 0.261. The van der Waals surface area contributed by atoms with Gasteiger partial charge in [-0.05, 0) is 53.8 Å². The zero-order chi connectivity index (χ0) is 20.1. The quantitative estimate of drug-likeness (QED) is 0.447. The Labute approximate surface area is 179 Å². The maximum absolute atomic E-state index is 13.0. The van der Waals surface area contributed by atoms with Gasteiger partial charge in [-0.3, -0.25) is 0 Å². The van der Waals surface area contributed by atoms with Crippen molar-refractivity contribution in [1.82, 2.24) is 4.57 Å². The molecule has 3 aromatic rings. The standard InChI is InChI=1S/C23H23FN2OS2/c1-28-21-10-6-17(7-11-21)13-26-12-2-3-22(26)23-25-20(14-27-23)16-29-15-18-4-8-19(24)9-5-18/h2-12,20H,13-16H2,1H3/t20-/m0/s1. The third-order valence-corrected chi connectivity index (χ3v) is 6.67. The molecule has 1 aromatic heterocycles. The molecular formula is C23H23FN2OS2. The second-order valence-corrected chi connectivity index (χ2v) is 8.82. The van der Waals surface area contributed by atoms with Crippen molar-refractivity contribution in [1.29, 1.82) is 0 Å². The summed E-state index contributed by atoms with van der Waals surface area (Å²) < 4.78 is 21.1. The van der Waals surface area contributed by atoms with Crippen LogP contribution in [0.1, 0.15) is 16.8 Å². The normalized spacial score (nSPS) is 15.9. The van der Waals surface area contributed by atoms with Gasteiger partial charge in [0.1, 0.15) is 18.1 Å². The number of benzene rings is 2. The van der Waals surface area contributed by atoms with Crippen molar-refractivity contribution in [2.24, 2.45) is 4.99 Å². The van der Waals surface area contributed by atoms with Crippen LogP contribution >= 0.6 is 23.5 Å². The lowest BCUT2D eigenvalue weighted by molar-refractivity contribution is 0.323. The van der Waals surface area contributed by atoms with Crippen molar-refractivity contribution in [2.75, 3.05) is 18.6 Å². The van der Waals surface area contributed by atoms with Gasteiger partial charge in [-0.25, -0.2) is 9.38 Å². The van der Waals surface area contributed by atoms with E-state index in [9.17, 15) is 4.39 Å². The van der Waals surface area contributed by atoms with Gasteiger partial charge in [0.2, 0.25) is 5.90 Å². The fourth-order valence-corrected chi connectivity index (χ4v) is 4.61. The van der Waals surface area contributed by atoms with Crippen molar-refractivity contribution in [3.63, 3.8) is 0 Å². The summed E-state index contributed by atoms with van der Waals surface area (Å²) in [5, 5.41) is 0. The van der Waals surface area contributed by atoms with Crippen LogP contribution in [0.3, 0.4) is 0 Å². The average molecular weight is 427 g/mol. The summed E-state index contributed by atoms with van der Waals surface area (Å²) in [5.74, 6) is 2.27. The average Bonchev–Trinajstić information content (AvgIpc) is 3.39. The molecule has 0 aliphatic carbocycles. The molecule has 0 bridgehead atoms. The van der Waals surface area contributed by atoms with Crippen LogP contribution in [0.2, 0.25) is 0 Å². The number of thioether (sulfide) groups is 2. The molecule has 3 nitrogen and oxygen atoms in total. The molecule has 0 N–H and O–H groups in total. The molecule has 0 saturated carbocycles. The Morgan fingerprint density at radius 3 is 2.59 bits per heavy atom. The predicted octanol–water partition coefficient (Wildman–Crippen LogP) is 5.48. The summed E-state index contributed by atoms with van der Waals surface area (Å²) in [6.45, 7) is 1.41. The van der Waals surface area contributed by atoms with E-state index in [2.05, 4.69) is 47.4 Å². The van der Waals surface area contributed by atoms with E-state index in [1.165, 1.54) is 22.6 Å². The zero-order valence-corrected chi connectivity index (χ0v) is 17.9. The van der Waals surface area contributed by atoms with Gasteiger partial charge < -0.3 is 9.30 Å². The number of nitrogens with zero attached hydrogens (tertiary/aromatic N) is 2. The lowest BCUT2D eigenvalue weighted by Gasteiger charge is -2.09. The first kappa shape index (κ1) is 20.1. The van der Waals surface area contributed by atoms with Crippen LogP contribution in [0.15, 0.2) is 76.7 Å². The Hall–Kier alpha value is -2.18. The van der Waals surface area contributed by atoms with Crippen LogP contribution < -0.4 is 0 Å². The smallest absolute Gasteiger partial charge is 0.233 e. The third-order valence-electron chi connectivity index (χ3n) is 4.77. The number of hydrogen-bond donors (Lipinski definition) is 0. The van der Waals surface area contributed by atoms with Crippen LogP contribution in [-0.2, 0) is 17.0 Å². The lowest BCUT2D eigenvalue weighted by Crippen LogP contribution is -2.11. The summed E-state index contributed by atoms with van der Waals surface area (Å²) >= 11 is 3.55. The van der Waals surface area contributed by atoms with Gasteiger partial charge in [0.05, 0.1) is 6.04 Å². The van der Waals surface area contributed by atoms with Crippen LogP contribution in [0, 0.1) is 5.82 Å². The minimum atomic E-state index is -0.194. The Morgan fingerprint density at radius 1 is 1.07 bits per heavy atom. The first-order valence-corrected chi connectivity index (χ1v) is 11.9. The first-order chi connectivity index (χ1) is 14.2. The second-order valence-electron chi connectivity index (χ2n) is 6.91. The van der Waals surface area contributed by atoms with Gasteiger partial charge in [-0.2, -0.15) is 11.8 Å².